The van der Waals surface area contributed by atoms with E-state index in [2.05, 4.69) is 17.1 Å². The van der Waals surface area contributed by atoms with E-state index in [0.29, 0.717) is 25.0 Å². The molecule has 5 nitrogen and oxygen atoms in total. The number of methoxy groups -OCH3 is 1. The van der Waals surface area contributed by atoms with Gasteiger partial charge in [0.2, 0.25) is 5.91 Å². The Labute approximate surface area is 127 Å². The highest BCUT2D eigenvalue weighted by molar-refractivity contribution is 5.79. The van der Waals surface area contributed by atoms with Crippen LogP contribution in [0.15, 0.2) is 0 Å². The molecule has 2 aliphatic rings. The molecular formula is C16H28N2O3. The van der Waals surface area contributed by atoms with Crippen LogP contribution in [0.4, 0.5) is 0 Å². The molecular weight excluding hydrogens is 268 g/mol. The van der Waals surface area contributed by atoms with Crippen LogP contribution in [-0.4, -0.2) is 49.6 Å². The molecule has 0 radical (unpaired) electrons. The number of ether oxygens (including phenoxy) is 1. The van der Waals surface area contributed by atoms with Gasteiger partial charge in [0, 0.05) is 19.1 Å². The standard InChI is InChI=1S/C16H28N2O3/c1-11-6-4-5-7-14(11)17-15(19)10-18-8-12(2)13(9-18)16(20)21-3/h11-14H,4-10H2,1-3H3,(H,17,19). The summed E-state index contributed by atoms with van der Waals surface area (Å²) < 4.78 is 4.83. The average molecular weight is 296 g/mol. The number of nitrogens with one attached hydrogen (secondary N) is 1. The van der Waals surface area contributed by atoms with E-state index in [1.165, 1.54) is 26.4 Å². The summed E-state index contributed by atoms with van der Waals surface area (Å²) in [6, 6.07) is 0.322. The lowest BCUT2D eigenvalue weighted by Crippen LogP contribution is -2.45. The smallest absolute Gasteiger partial charge is 0.310 e. The molecule has 1 amide bonds. The van der Waals surface area contributed by atoms with Gasteiger partial charge in [-0.2, -0.15) is 0 Å². The molecule has 5 heteroatoms. The molecule has 1 aliphatic carbocycles. The van der Waals surface area contributed by atoms with Crippen LogP contribution < -0.4 is 5.32 Å². The fourth-order valence-electron chi connectivity index (χ4n) is 3.64. The van der Waals surface area contributed by atoms with E-state index in [9.17, 15) is 9.59 Å². The van der Waals surface area contributed by atoms with Gasteiger partial charge in [-0.15, -0.1) is 0 Å². The van der Waals surface area contributed by atoms with Gasteiger partial charge in [0.1, 0.15) is 0 Å². The molecule has 1 saturated heterocycles. The summed E-state index contributed by atoms with van der Waals surface area (Å²) in [6.45, 7) is 6.06. The first-order valence-electron chi connectivity index (χ1n) is 8.10. The van der Waals surface area contributed by atoms with Crippen LogP contribution in [-0.2, 0) is 14.3 Å². The lowest BCUT2D eigenvalue weighted by Gasteiger charge is -2.30. The van der Waals surface area contributed by atoms with Crippen molar-refractivity contribution in [2.24, 2.45) is 17.8 Å². The van der Waals surface area contributed by atoms with Crippen molar-refractivity contribution in [3.8, 4) is 0 Å². The Kier molecular flexibility index (Phi) is 5.62. The number of carbonyl (C=O) groups excluding carboxylic acids is 2. The predicted octanol–water partition coefficient (Wildman–Crippen LogP) is 1.42. The minimum absolute atomic E-state index is 0.0893. The molecule has 1 saturated carbocycles. The molecule has 0 spiro atoms. The van der Waals surface area contributed by atoms with Crippen molar-refractivity contribution in [1.82, 2.24) is 10.2 Å². The van der Waals surface area contributed by atoms with Crippen molar-refractivity contribution in [3.63, 3.8) is 0 Å². The first-order valence-corrected chi connectivity index (χ1v) is 8.10. The van der Waals surface area contributed by atoms with Crippen molar-refractivity contribution in [3.05, 3.63) is 0 Å². The van der Waals surface area contributed by atoms with Gasteiger partial charge in [-0.3, -0.25) is 14.5 Å². The van der Waals surface area contributed by atoms with Crippen LogP contribution in [0.1, 0.15) is 39.5 Å². The normalized spacial score (nSPS) is 33.7. The van der Waals surface area contributed by atoms with Gasteiger partial charge in [0.15, 0.2) is 0 Å². The minimum Gasteiger partial charge on any atom is -0.469 e. The molecule has 1 N–H and O–H groups in total. The quantitative estimate of drug-likeness (QED) is 0.797. The highest BCUT2D eigenvalue weighted by atomic mass is 16.5. The molecule has 21 heavy (non-hydrogen) atoms. The summed E-state index contributed by atoms with van der Waals surface area (Å²) in [5, 5.41) is 3.17. The molecule has 2 rings (SSSR count). The zero-order valence-corrected chi connectivity index (χ0v) is 13.4. The molecule has 0 aromatic heterocycles. The van der Waals surface area contributed by atoms with E-state index in [1.807, 2.05) is 6.92 Å². The van der Waals surface area contributed by atoms with E-state index in [-0.39, 0.29) is 23.7 Å². The van der Waals surface area contributed by atoms with Crippen LogP contribution in [0.2, 0.25) is 0 Å². The van der Waals surface area contributed by atoms with Gasteiger partial charge in [0.25, 0.3) is 0 Å². The fraction of sp³-hybridized carbons (Fsp3) is 0.875. The van der Waals surface area contributed by atoms with Crippen LogP contribution in [0.25, 0.3) is 0 Å². The Morgan fingerprint density at radius 3 is 2.52 bits per heavy atom. The molecule has 4 unspecified atom stereocenters. The van der Waals surface area contributed by atoms with E-state index in [4.69, 9.17) is 4.74 Å². The topological polar surface area (TPSA) is 58.6 Å². The number of carbonyl (C=O) groups is 2. The zero-order chi connectivity index (χ0) is 15.4. The van der Waals surface area contributed by atoms with Crippen LogP contribution in [0, 0.1) is 17.8 Å². The second kappa shape index (κ2) is 7.25. The monoisotopic (exact) mass is 296 g/mol. The van der Waals surface area contributed by atoms with Crippen LogP contribution in [0.5, 0.6) is 0 Å². The van der Waals surface area contributed by atoms with E-state index < -0.39 is 0 Å². The maximum Gasteiger partial charge on any atom is 0.310 e. The first-order chi connectivity index (χ1) is 10.0. The van der Waals surface area contributed by atoms with E-state index >= 15 is 0 Å². The summed E-state index contributed by atoms with van der Waals surface area (Å²) in [4.78, 5) is 25.9. The number of nitrogens with zero attached hydrogens (tertiary/aromatic N) is 1. The van der Waals surface area contributed by atoms with Gasteiger partial charge in [-0.1, -0.05) is 26.7 Å². The molecule has 4 atom stereocenters. The molecule has 0 bridgehead atoms. The molecule has 0 aromatic rings. The number of likely N-dealkylation sites (tertiary alicyclic amines) is 1. The number of hydrogen-bond donors (Lipinski definition) is 1. The summed E-state index contributed by atoms with van der Waals surface area (Å²) in [6.07, 6.45) is 4.78. The maximum atomic E-state index is 12.2. The maximum absolute atomic E-state index is 12.2. The first kappa shape index (κ1) is 16.3. The molecule has 1 aliphatic heterocycles. The Morgan fingerprint density at radius 2 is 1.86 bits per heavy atom. The number of esters is 1. The van der Waals surface area contributed by atoms with Crippen LogP contribution in [0.3, 0.4) is 0 Å². The number of hydrogen-bond acceptors (Lipinski definition) is 4. The summed E-state index contributed by atoms with van der Waals surface area (Å²) in [5.74, 6) is 0.649. The van der Waals surface area contributed by atoms with E-state index in [1.54, 1.807) is 0 Å². The molecule has 2 fully saturated rings. The Morgan fingerprint density at radius 1 is 1.14 bits per heavy atom. The van der Waals surface area contributed by atoms with Crippen molar-refractivity contribution < 1.29 is 14.3 Å². The van der Waals surface area contributed by atoms with Gasteiger partial charge in [0.05, 0.1) is 19.6 Å². The second-order valence-corrected chi connectivity index (χ2v) is 6.74. The van der Waals surface area contributed by atoms with Crippen LogP contribution >= 0.6 is 0 Å². The van der Waals surface area contributed by atoms with E-state index in [0.717, 1.165) is 13.0 Å². The minimum atomic E-state index is -0.161. The Balaban J connectivity index is 1.79. The number of amides is 1. The molecule has 120 valence electrons. The largest absolute Gasteiger partial charge is 0.469 e. The third-order valence-electron chi connectivity index (χ3n) is 5.02. The third kappa shape index (κ3) is 4.19. The summed E-state index contributed by atoms with van der Waals surface area (Å²) in [5.41, 5.74) is 0. The second-order valence-electron chi connectivity index (χ2n) is 6.74. The Bertz CT molecular complexity index is 386. The van der Waals surface area contributed by atoms with Gasteiger partial charge < -0.3 is 10.1 Å². The van der Waals surface area contributed by atoms with Gasteiger partial charge >= 0.3 is 5.97 Å². The molecule has 1 heterocycles. The average Bonchev–Trinajstić information content (AvgIpc) is 2.81. The summed E-state index contributed by atoms with van der Waals surface area (Å²) >= 11 is 0. The van der Waals surface area contributed by atoms with Crippen molar-refractivity contribution >= 4 is 11.9 Å². The lowest BCUT2D eigenvalue weighted by molar-refractivity contribution is -0.146. The fourth-order valence-corrected chi connectivity index (χ4v) is 3.64. The SMILES string of the molecule is COC(=O)C1CN(CC(=O)NC2CCCCC2C)CC1C. The zero-order valence-electron chi connectivity index (χ0n) is 13.4. The lowest BCUT2D eigenvalue weighted by atomic mass is 9.86. The highest BCUT2D eigenvalue weighted by Gasteiger charge is 2.36. The summed E-state index contributed by atoms with van der Waals surface area (Å²) in [7, 11) is 1.43. The number of rotatable bonds is 4. The Hall–Kier alpha value is -1.10. The van der Waals surface area contributed by atoms with Gasteiger partial charge in [-0.25, -0.2) is 0 Å². The predicted molar refractivity (Wildman–Crippen MR) is 80.7 cm³/mol. The van der Waals surface area contributed by atoms with Gasteiger partial charge in [-0.05, 0) is 24.7 Å². The third-order valence-corrected chi connectivity index (χ3v) is 5.02. The van der Waals surface area contributed by atoms with Crippen molar-refractivity contribution in [2.75, 3.05) is 26.7 Å². The van der Waals surface area contributed by atoms with Crippen molar-refractivity contribution in [2.45, 2.75) is 45.6 Å². The highest BCUT2D eigenvalue weighted by Crippen LogP contribution is 2.25. The van der Waals surface area contributed by atoms with Crippen molar-refractivity contribution in [1.29, 1.82) is 0 Å². The molecule has 0 aromatic carbocycles.